The van der Waals surface area contributed by atoms with Gasteiger partial charge in [-0.3, -0.25) is 9.59 Å². The lowest BCUT2D eigenvalue weighted by Gasteiger charge is -2.22. The first-order valence-electron chi connectivity index (χ1n) is 8.29. The molecular formula is C17H26N2O4. The smallest absolute Gasteiger partial charge is 0.250 e. The van der Waals surface area contributed by atoms with E-state index in [2.05, 4.69) is 5.32 Å². The predicted octanol–water partition coefficient (Wildman–Crippen LogP) is 1.25. The maximum atomic E-state index is 11.7. The van der Waals surface area contributed by atoms with Gasteiger partial charge in [-0.1, -0.05) is 6.07 Å². The van der Waals surface area contributed by atoms with Crippen LogP contribution in [0.5, 0.6) is 0 Å². The molecule has 1 amide bonds. The Bertz CT molecular complexity index is 550. The molecule has 0 aromatic carbocycles. The fourth-order valence-electron chi connectivity index (χ4n) is 2.65. The van der Waals surface area contributed by atoms with E-state index in [1.807, 2.05) is 13.0 Å². The molecule has 1 fully saturated rings. The van der Waals surface area contributed by atoms with Crippen molar-refractivity contribution in [3.8, 4) is 0 Å². The molecule has 1 saturated heterocycles. The Balaban J connectivity index is 1.57. The van der Waals surface area contributed by atoms with Gasteiger partial charge in [0.15, 0.2) is 0 Å². The van der Waals surface area contributed by atoms with E-state index in [4.69, 9.17) is 9.47 Å². The molecule has 0 saturated carbocycles. The zero-order chi connectivity index (χ0) is 16.5. The topological polar surface area (TPSA) is 69.6 Å². The molecule has 23 heavy (non-hydrogen) atoms. The highest BCUT2D eigenvalue weighted by Crippen LogP contribution is 2.12. The summed E-state index contributed by atoms with van der Waals surface area (Å²) in [5, 5.41) is 2.81. The molecule has 0 aliphatic carbocycles. The van der Waals surface area contributed by atoms with E-state index in [1.165, 1.54) is 6.42 Å². The van der Waals surface area contributed by atoms with Gasteiger partial charge < -0.3 is 19.4 Å². The Labute approximate surface area is 136 Å². The minimum atomic E-state index is -0.127. The first-order valence-corrected chi connectivity index (χ1v) is 8.29. The Morgan fingerprint density at radius 1 is 1.43 bits per heavy atom. The average Bonchev–Trinajstić information content (AvgIpc) is 2.55. The van der Waals surface area contributed by atoms with Crippen molar-refractivity contribution in [3.63, 3.8) is 0 Å². The Kier molecular flexibility index (Phi) is 7.29. The number of carbonyl (C=O) groups excluding carboxylic acids is 1. The van der Waals surface area contributed by atoms with Crippen molar-refractivity contribution in [2.75, 3.05) is 26.4 Å². The van der Waals surface area contributed by atoms with Crippen LogP contribution >= 0.6 is 0 Å². The highest BCUT2D eigenvalue weighted by molar-refractivity contribution is 5.77. The first-order chi connectivity index (χ1) is 11.2. The van der Waals surface area contributed by atoms with Crippen LogP contribution in [-0.4, -0.2) is 42.9 Å². The van der Waals surface area contributed by atoms with Crippen molar-refractivity contribution < 1.29 is 14.3 Å². The van der Waals surface area contributed by atoms with Crippen LogP contribution in [0.1, 0.15) is 31.4 Å². The third-order valence-corrected chi connectivity index (χ3v) is 3.96. The number of hydrogen-bond donors (Lipinski definition) is 1. The summed E-state index contributed by atoms with van der Waals surface area (Å²) in [5.74, 6) is -0.127. The summed E-state index contributed by atoms with van der Waals surface area (Å²) in [6.07, 6.45) is 4.12. The molecule has 6 nitrogen and oxygen atoms in total. The third kappa shape index (κ3) is 6.15. The summed E-state index contributed by atoms with van der Waals surface area (Å²) in [6, 6.07) is 5.21. The van der Waals surface area contributed by atoms with Crippen LogP contribution in [0.15, 0.2) is 23.0 Å². The molecule has 0 bridgehead atoms. The lowest BCUT2D eigenvalue weighted by atomic mass is 10.1. The van der Waals surface area contributed by atoms with Gasteiger partial charge in [0.25, 0.3) is 5.56 Å². The lowest BCUT2D eigenvalue weighted by Crippen LogP contribution is -2.32. The van der Waals surface area contributed by atoms with Crippen molar-refractivity contribution in [1.29, 1.82) is 0 Å². The molecule has 0 spiro atoms. The summed E-state index contributed by atoms with van der Waals surface area (Å²) in [7, 11) is 0. The molecule has 0 unspecified atom stereocenters. The van der Waals surface area contributed by atoms with E-state index in [-0.39, 0.29) is 24.2 Å². The molecular weight excluding hydrogens is 296 g/mol. The number of amides is 1. The molecule has 1 N–H and O–H groups in total. The van der Waals surface area contributed by atoms with Crippen molar-refractivity contribution in [2.24, 2.45) is 0 Å². The Hall–Kier alpha value is -1.66. The van der Waals surface area contributed by atoms with Gasteiger partial charge in [0.1, 0.15) is 6.61 Å². The van der Waals surface area contributed by atoms with Crippen molar-refractivity contribution in [2.45, 2.75) is 45.3 Å². The number of carbonyl (C=O) groups is 1. The standard InChI is InChI=1S/C17H26N2O4/c1-14-6-4-8-17(21)19(14)10-5-9-18-16(20)13-22-12-15-7-2-3-11-23-15/h4,6,8,15H,2-3,5,7,9-13H2,1H3,(H,18,20)/t15-/m1/s1. The van der Waals surface area contributed by atoms with Gasteiger partial charge in [0.05, 0.1) is 12.7 Å². The van der Waals surface area contributed by atoms with Gasteiger partial charge in [-0.15, -0.1) is 0 Å². The van der Waals surface area contributed by atoms with Gasteiger partial charge in [0, 0.05) is 31.5 Å². The average molecular weight is 322 g/mol. The van der Waals surface area contributed by atoms with Crippen molar-refractivity contribution >= 4 is 5.91 Å². The van der Waals surface area contributed by atoms with Gasteiger partial charge in [-0.2, -0.15) is 0 Å². The van der Waals surface area contributed by atoms with Crippen LogP contribution in [0.3, 0.4) is 0 Å². The monoisotopic (exact) mass is 322 g/mol. The number of rotatable bonds is 8. The predicted molar refractivity (Wildman–Crippen MR) is 87.5 cm³/mol. The highest BCUT2D eigenvalue weighted by Gasteiger charge is 2.14. The zero-order valence-electron chi connectivity index (χ0n) is 13.8. The molecule has 128 valence electrons. The number of pyridine rings is 1. The maximum Gasteiger partial charge on any atom is 0.250 e. The highest BCUT2D eigenvalue weighted by atomic mass is 16.5. The fraction of sp³-hybridized carbons (Fsp3) is 0.647. The molecule has 2 heterocycles. The van der Waals surface area contributed by atoms with E-state index in [0.29, 0.717) is 26.1 Å². The molecule has 0 radical (unpaired) electrons. The van der Waals surface area contributed by atoms with Crippen molar-refractivity contribution in [3.05, 3.63) is 34.2 Å². The quantitative estimate of drug-likeness (QED) is 0.731. The van der Waals surface area contributed by atoms with Crippen LogP contribution in [0.4, 0.5) is 0 Å². The first kappa shape index (κ1) is 17.7. The fourth-order valence-corrected chi connectivity index (χ4v) is 2.65. The van der Waals surface area contributed by atoms with E-state index in [9.17, 15) is 9.59 Å². The number of hydrogen-bond acceptors (Lipinski definition) is 4. The molecule has 6 heteroatoms. The number of aromatic nitrogens is 1. The van der Waals surface area contributed by atoms with Crippen molar-refractivity contribution in [1.82, 2.24) is 9.88 Å². The molecule has 1 aromatic rings. The maximum absolute atomic E-state index is 11.7. The number of ether oxygens (including phenoxy) is 2. The summed E-state index contributed by atoms with van der Waals surface area (Å²) in [4.78, 5) is 23.4. The van der Waals surface area contributed by atoms with Crippen LogP contribution in [0, 0.1) is 6.92 Å². The second kappa shape index (κ2) is 9.47. The largest absolute Gasteiger partial charge is 0.376 e. The third-order valence-electron chi connectivity index (χ3n) is 3.96. The number of nitrogens with one attached hydrogen (secondary N) is 1. The second-order valence-electron chi connectivity index (χ2n) is 5.86. The van der Waals surface area contributed by atoms with E-state index < -0.39 is 0 Å². The SMILES string of the molecule is Cc1cccc(=O)n1CCCNC(=O)COC[C@H]1CCCCO1. The number of nitrogens with zero attached hydrogens (tertiary/aromatic N) is 1. The van der Waals surface area contributed by atoms with Crippen LogP contribution in [-0.2, 0) is 20.8 Å². The van der Waals surface area contributed by atoms with Crippen LogP contribution in [0.25, 0.3) is 0 Å². The zero-order valence-corrected chi connectivity index (χ0v) is 13.8. The molecule has 2 rings (SSSR count). The van der Waals surface area contributed by atoms with E-state index in [0.717, 1.165) is 25.1 Å². The van der Waals surface area contributed by atoms with E-state index >= 15 is 0 Å². The minimum Gasteiger partial charge on any atom is -0.376 e. The molecule has 1 aliphatic rings. The van der Waals surface area contributed by atoms with Gasteiger partial charge in [0.2, 0.25) is 5.91 Å². The molecule has 1 aromatic heterocycles. The minimum absolute atomic E-state index is 0.00728. The normalized spacial score (nSPS) is 17.9. The van der Waals surface area contributed by atoms with E-state index in [1.54, 1.807) is 16.7 Å². The van der Waals surface area contributed by atoms with Gasteiger partial charge in [-0.25, -0.2) is 0 Å². The number of aryl methyl sites for hydroxylation is 1. The Morgan fingerprint density at radius 2 is 2.30 bits per heavy atom. The van der Waals surface area contributed by atoms with Crippen LogP contribution in [0.2, 0.25) is 0 Å². The van der Waals surface area contributed by atoms with Gasteiger partial charge >= 0.3 is 0 Å². The summed E-state index contributed by atoms with van der Waals surface area (Å²) < 4.78 is 12.6. The molecule has 1 atom stereocenters. The molecule has 1 aliphatic heterocycles. The summed E-state index contributed by atoms with van der Waals surface area (Å²) in [5.41, 5.74) is 0.923. The lowest BCUT2D eigenvalue weighted by molar-refractivity contribution is -0.127. The summed E-state index contributed by atoms with van der Waals surface area (Å²) >= 11 is 0. The van der Waals surface area contributed by atoms with Gasteiger partial charge in [-0.05, 0) is 38.7 Å². The van der Waals surface area contributed by atoms with Crippen LogP contribution < -0.4 is 10.9 Å². The summed E-state index contributed by atoms with van der Waals surface area (Å²) in [6.45, 7) is 4.36. The Morgan fingerprint density at radius 3 is 3.04 bits per heavy atom. The second-order valence-corrected chi connectivity index (χ2v) is 5.86.